The summed E-state index contributed by atoms with van der Waals surface area (Å²) >= 11 is 0. The Morgan fingerprint density at radius 2 is 1.81 bits per heavy atom. The first kappa shape index (κ1) is 16.1. The Labute approximate surface area is 127 Å². The van der Waals surface area contributed by atoms with Gasteiger partial charge in [0.25, 0.3) is 0 Å². The lowest BCUT2D eigenvalue weighted by molar-refractivity contribution is -0.152. The minimum atomic E-state index is -0.707. The van der Waals surface area contributed by atoms with E-state index in [9.17, 15) is 14.7 Å². The summed E-state index contributed by atoms with van der Waals surface area (Å²) in [5.41, 5.74) is -0.620. The fourth-order valence-electron chi connectivity index (χ4n) is 3.62. The molecular formula is C16H28N2O3. The standard InChI is InChI=1S/C16H28N2O3/c1-3-13-6-5-9-18(12-13)15(21)17-10-7-16(4-2,8-11-17)14(19)20/h13H,3-12H2,1-2H3,(H,19,20). The fraction of sp³-hybridized carbons (Fsp3) is 0.875. The maximum absolute atomic E-state index is 12.6. The molecule has 0 saturated carbocycles. The molecule has 1 atom stereocenters. The van der Waals surface area contributed by atoms with Gasteiger partial charge in [0.05, 0.1) is 5.41 Å². The smallest absolute Gasteiger partial charge is 0.320 e. The van der Waals surface area contributed by atoms with Gasteiger partial charge in [0.2, 0.25) is 0 Å². The van der Waals surface area contributed by atoms with Crippen LogP contribution in [-0.2, 0) is 4.79 Å². The summed E-state index contributed by atoms with van der Waals surface area (Å²) in [7, 11) is 0. The van der Waals surface area contributed by atoms with E-state index in [1.165, 1.54) is 6.42 Å². The number of aliphatic carboxylic acids is 1. The van der Waals surface area contributed by atoms with E-state index in [0.29, 0.717) is 38.3 Å². The van der Waals surface area contributed by atoms with Crippen LogP contribution in [0.2, 0.25) is 0 Å². The number of nitrogens with zero attached hydrogens (tertiary/aromatic N) is 2. The number of carboxylic acid groups (broad SMARTS) is 1. The van der Waals surface area contributed by atoms with Crippen LogP contribution in [0.25, 0.3) is 0 Å². The van der Waals surface area contributed by atoms with Crippen LogP contribution in [0, 0.1) is 11.3 Å². The van der Waals surface area contributed by atoms with Crippen molar-refractivity contribution in [1.82, 2.24) is 9.80 Å². The number of hydrogen-bond donors (Lipinski definition) is 1. The number of carbonyl (C=O) groups is 2. The van der Waals surface area contributed by atoms with E-state index < -0.39 is 11.4 Å². The predicted octanol–water partition coefficient (Wildman–Crippen LogP) is 2.81. The van der Waals surface area contributed by atoms with E-state index in [4.69, 9.17) is 0 Å². The van der Waals surface area contributed by atoms with E-state index in [-0.39, 0.29) is 6.03 Å². The Bertz CT molecular complexity index is 389. The second kappa shape index (κ2) is 6.67. The van der Waals surface area contributed by atoms with Gasteiger partial charge in [0, 0.05) is 26.2 Å². The molecule has 5 nitrogen and oxygen atoms in total. The zero-order valence-electron chi connectivity index (χ0n) is 13.3. The highest BCUT2D eigenvalue weighted by Gasteiger charge is 2.41. The number of piperidine rings is 2. The van der Waals surface area contributed by atoms with Gasteiger partial charge in [0.1, 0.15) is 0 Å². The van der Waals surface area contributed by atoms with Crippen LogP contribution in [-0.4, -0.2) is 53.1 Å². The molecule has 2 rings (SSSR count). The number of urea groups is 1. The molecule has 0 aliphatic carbocycles. The Morgan fingerprint density at radius 3 is 2.33 bits per heavy atom. The highest BCUT2D eigenvalue weighted by atomic mass is 16.4. The summed E-state index contributed by atoms with van der Waals surface area (Å²) < 4.78 is 0. The third kappa shape index (κ3) is 3.33. The molecule has 120 valence electrons. The molecule has 5 heteroatoms. The molecule has 0 aromatic heterocycles. The lowest BCUT2D eigenvalue weighted by Gasteiger charge is -2.42. The van der Waals surface area contributed by atoms with Crippen molar-refractivity contribution in [3.8, 4) is 0 Å². The summed E-state index contributed by atoms with van der Waals surface area (Å²) in [6.45, 7) is 6.98. The summed E-state index contributed by atoms with van der Waals surface area (Å²) in [5, 5.41) is 9.42. The molecule has 0 aromatic carbocycles. The maximum atomic E-state index is 12.6. The first-order valence-corrected chi connectivity index (χ1v) is 8.29. The SMILES string of the molecule is CCC1CCCN(C(=O)N2CCC(CC)(C(=O)O)CC2)C1. The molecule has 2 amide bonds. The normalized spacial score (nSPS) is 25.7. The quantitative estimate of drug-likeness (QED) is 0.871. The maximum Gasteiger partial charge on any atom is 0.320 e. The van der Waals surface area contributed by atoms with Gasteiger partial charge in [-0.1, -0.05) is 20.3 Å². The van der Waals surface area contributed by atoms with Crippen molar-refractivity contribution in [2.24, 2.45) is 11.3 Å². The van der Waals surface area contributed by atoms with E-state index >= 15 is 0 Å². The van der Waals surface area contributed by atoms with Crippen LogP contribution in [0.1, 0.15) is 52.4 Å². The number of hydrogen-bond acceptors (Lipinski definition) is 2. The second-order valence-corrected chi connectivity index (χ2v) is 6.57. The predicted molar refractivity (Wildman–Crippen MR) is 81.2 cm³/mol. The first-order chi connectivity index (χ1) is 10.0. The first-order valence-electron chi connectivity index (χ1n) is 8.29. The fourth-order valence-corrected chi connectivity index (χ4v) is 3.62. The Kier molecular flexibility index (Phi) is 5.12. The van der Waals surface area contributed by atoms with Crippen molar-refractivity contribution in [2.75, 3.05) is 26.2 Å². The number of carboxylic acids is 1. The van der Waals surface area contributed by atoms with E-state index in [1.54, 1.807) is 0 Å². The third-order valence-electron chi connectivity index (χ3n) is 5.49. The van der Waals surface area contributed by atoms with Crippen LogP contribution in [0.15, 0.2) is 0 Å². The van der Waals surface area contributed by atoms with Crippen LogP contribution < -0.4 is 0 Å². The molecule has 2 fully saturated rings. The lowest BCUT2D eigenvalue weighted by atomic mass is 9.76. The molecule has 2 aliphatic rings. The molecule has 0 bridgehead atoms. The highest BCUT2D eigenvalue weighted by molar-refractivity contribution is 5.77. The topological polar surface area (TPSA) is 60.9 Å². The minimum Gasteiger partial charge on any atom is -0.481 e. The van der Waals surface area contributed by atoms with Crippen molar-refractivity contribution < 1.29 is 14.7 Å². The van der Waals surface area contributed by atoms with Crippen LogP contribution in [0.3, 0.4) is 0 Å². The number of likely N-dealkylation sites (tertiary alicyclic amines) is 2. The third-order valence-corrected chi connectivity index (χ3v) is 5.49. The Hall–Kier alpha value is -1.26. The van der Waals surface area contributed by atoms with Gasteiger partial charge in [-0.15, -0.1) is 0 Å². The molecule has 2 aliphatic heterocycles. The van der Waals surface area contributed by atoms with Gasteiger partial charge in [-0.2, -0.15) is 0 Å². The Morgan fingerprint density at radius 1 is 1.14 bits per heavy atom. The van der Waals surface area contributed by atoms with Gasteiger partial charge in [-0.3, -0.25) is 4.79 Å². The number of carbonyl (C=O) groups excluding carboxylic acids is 1. The molecule has 2 heterocycles. The van der Waals surface area contributed by atoms with Crippen molar-refractivity contribution >= 4 is 12.0 Å². The van der Waals surface area contributed by atoms with Crippen LogP contribution >= 0.6 is 0 Å². The molecule has 1 unspecified atom stereocenters. The van der Waals surface area contributed by atoms with Crippen molar-refractivity contribution in [3.63, 3.8) is 0 Å². The van der Waals surface area contributed by atoms with Crippen molar-refractivity contribution in [1.29, 1.82) is 0 Å². The van der Waals surface area contributed by atoms with Gasteiger partial charge >= 0.3 is 12.0 Å². The molecular weight excluding hydrogens is 268 g/mol. The summed E-state index contributed by atoms with van der Waals surface area (Å²) in [6, 6.07) is 0.114. The van der Waals surface area contributed by atoms with E-state index in [2.05, 4.69) is 6.92 Å². The zero-order valence-corrected chi connectivity index (χ0v) is 13.3. The summed E-state index contributed by atoms with van der Waals surface area (Å²) in [6.07, 6.45) is 5.24. The van der Waals surface area contributed by atoms with E-state index in [0.717, 1.165) is 25.9 Å². The molecule has 0 aromatic rings. The summed E-state index contributed by atoms with van der Waals surface area (Å²) in [5.74, 6) is -0.0811. The number of amides is 2. The van der Waals surface area contributed by atoms with Crippen molar-refractivity contribution in [2.45, 2.75) is 52.4 Å². The van der Waals surface area contributed by atoms with Gasteiger partial charge in [-0.05, 0) is 38.0 Å². The summed E-state index contributed by atoms with van der Waals surface area (Å²) in [4.78, 5) is 27.9. The molecule has 21 heavy (non-hydrogen) atoms. The average molecular weight is 296 g/mol. The molecule has 2 saturated heterocycles. The van der Waals surface area contributed by atoms with Gasteiger partial charge < -0.3 is 14.9 Å². The van der Waals surface area contributed by atoms with Crippen LogP contribution in [0.5, 0.6) is 0 Å². The lowest BCUT2D eigenvalue weighted by Crippen LogP contribution is -2.52. The minimum absolute atomic E-state index is 0.114. The molecule has 0 spiro atoms. The van der Waals surface area contributed by atoms with Crippen molar-refractivity contribution in [3.05, 3.63) is 0 Å². The highest BCUT2D eigenvalue weighted by Crippen LogP contribution is 2.35. The second-order valence-electron chi connectivity index (χ2n) is 6.57. The zero-order chi connectivity index (χ0) is 15.5. The Balaban J connectivity index is 1.92. The number of rotatable bonds is 3. The van der Waals surface area contributed by atoms with E-state index in [1.807, 2.05) is 16.7 Å². The average Bonchev–Trinajstić information content (AvgIpc) is 2.54. The van der Waals surface area contributed by atoms with Crippen LogP contribution in [0.4, 0.5) is 4.79 Å². The molecule has 1 N–H and O–H groups in total. The monoisotopic (exact) mass is 296 g/mol. The van der Waals surface area contributed by atoms with Gasteiger partial charge in [-0.25, -0.2) is 4.79 Å². The van der Waals surface area contributed by atoms with Gasteiger partial charge in [0.15, 0.2) is 0 Å². The largest absolute Gasteiger partial charge is 0.481 e. The molecule has 0 radical (unpaired) electrons.